The van der Waals surface area contributed by atoms with Crippen LogP contribution in [0.15, 0.2) is 73.4 Å². The topological polar surface area (TPSA) is 189 Å². The molecule has 7 rings (SSSR count). The van der Waals surface area contributed by atoms with Gasteiger partial charge in [-0.2, -0.15) is 0 Å². The van der Waals surface area contributed by atoms with Crippen LogP contribution in [0.1, 0.15) is 69.0 Å². The number of carbonyl (C=O) groups is 3. The van der Waals surface area contributed by atoms with Crippen LogP contribution in [0.2, 0.25) is 0 Å². The zero-order chi connectivity index (χ0) is 38.7. The highest BCUT2D eigenvalue weighted by Crippen LogP contribution is 2.36. The Hall–Kier alpha value is -5.80. The molecule has 288 valence electrons. The maximum Gasteiger partial charge on any atom is 0.405 e. The first-order valence-electron chi connectivity index (χ1n) is 18.6. The van der Waals surface area contributed by atoms with E-state index in [0.29, 0.717) is 37.8 Å². The normalized spacial score (nSPS) is 18.7. The van der Waals surface area contributed by atoms with Gasteiger partial charge in [-0.1, -0.05) is 48.5 Å². The summed E-state index contributed by atoms with van der Waals surface area (Å²) in [7, 11) is 3.43. The lowest BCUT2D eigenvalue weighted by atomic mass is 9.97. The van der Waals surface area contributed by atoms with Gasteiger partial charge in [-0.25, -0.2) is 19.7 Å². The maximum atomic E-state index is 14.0. The Labute approximate surface area is 319 Å². The Bertz CT molecular complexity index is 2120. The number of likely N-dealkylation sites (tertiary alicyclic amines) is 2. The molecule has 0 spiro atoms. The number of ether oxygens (including phenoxy) is 2. The highest BCUT2D eigenvalue weighted by Gasteiger charge is 2.45. The van der Waals surface area contributed by atoms with Crippen molar-refractivity contribution >= 4 is 17.9 Å². The fourth-order valence-electron chi connectivity index (χ4n) is 7.73. The van der Waals surface area contributed by atoms with Gasteiger partial charge < -0.3 is 39.5 Å². The molecule has 2 aliphatic rings. The third-order valence-corrected chi connectivity index (χ3v) is 10.6. The van der Waals surface area contributed by atoms with Crippen LogP contribution >= 0.6 is 0 Å². The van der Waals surface area contributed by atoms with E-state index in [1.807, 2.05) is 37.2 Å². The highest BCUT2D eigenvalue weighted by atomic mass is 16.6. The minimum atomic E-state index is -1.52. The predicted molar refractivity (Wildman–Crippen MR) is 205 cm³/mol. The Morgan fingerprint density at radius 2 is 1.40 bits per heavy atom. The number of imidazole rings is 3. The number of aromatic nitrogens is 6. The second kappa shape index (κ2) is 15.9. The number of methoxy groups -OCH3 is 1. The Balaban J connectivity index is 1.01. The summed E-state index contributed by atoms with van der Waals surface area (Å²) in [5, 5.41) is 3.10. The molecule has 2 aliphatic heterocycles. The van der Waals surface area contributed by atoms with Gasteiger partial charge in [0.15, 0.2) is 5.60 Å². The van der Waals surface area contributed by atoms with Crippen molar-refractivity contribution in [3.63, 3.8) is 0 Å². The SMILES string of the molecule is COCN[C@@H](C)C(=O)N1CCC[C@H]1c1ncc(-c2ccc(-c3ccc(-c4cnc([C@@H]5CCCN5C(=O)[C@](C)(Cc5cn(C)cn5)OC(N)=O)[nH]4)cc3)cc2)[nH]1. The molecule has 3 amide bonds. The molecule has 0 aliphatic carbocycles. The fourth-order valence-corrected chi connectivity index (χ4v) is 7.73. The van der Waals surface area contributed by atoms with Crippen molar-refractivity contribution in [1.82, 2.24) is 44.6 Å². The van der Waals surface area contributed by atoms with Gasteiger partial charge in [0.1, 0.15) is 11.6 Å². The molecule has 5 heterocycles. The molecular weight excluding hydrogens is 701 g/mol. The van der Waals surface area contributed by atoms with Gasteiger partial charge in [-0.3, -0.25) is 14.9 Å². The van der Waals surface area contributed by atoms with Gasteiger partial charge in [0.05, 0.1) is 60.7 Å². The summed E-state index contributed by atoms with van der Waals surface area (Å²) in [4.78, 5) is 63.2. The lowest BCUT2D eigenvalue weighted by Gasteiger charge is -2.33. The molecule has 0 radical (unpaired) electrons. The lowest BCUT2D eigenvalue weighted by molar-refractivity contribution is -0.150. The van der Waals surface area contributed by atoms with Gasteiger partial charge >= 0.3 is 6.09 Å². The van der Waals surface area contributed by atoms with Crippen LogP contribution < -0.4 is 11.1 Å². The van der Waals surface area contributed by atoms with Crippen LogP contribution in [0.4, 0.5) is 4.79 Å². The van der Waals surface area contributed by atoms with Gasteiger partial charge in [0.2, 0.25) is 5.91 Å². The van der Waals surface area contributed by atoms with Crippen LogP contribution in [0.25, 0.3) is 33.6 Å². The number of nitrogens with two attached hydrogens (primary N) is 1. The molecule has 2 saturated heterocycles. The summed E-state index contributed by atoms with van der Waals surface area (Å²) in [6.45, 7) is 4.97. The van der Waals surface area contributed by atoms with Gasteiger partial charge in [0.25, 0.3) is 5.91 Å². The summed E-state index contributed by atoms with van der Waals surface area (Å²) in [6.07, 6.45) is 9.41. The fraction of sp³-hybridized carbons (Fsp3) is 0.400. The Morgan fingerprint density at radius 1 is 0.873 bits per heavy atom. The first-order valence-corrected chi connectivity index (χ1v) is 18.6. The van der Waals surface area contributed by atoms with Crippen LogP contribution in [0.3, 0.4) is 0 Å². The third-order valence-electron chi connectivity index (χ3n) is 10.6. The van der Waals surface area contributed by atoms with Crippen LogP contribution in [0.5, 0.6) is 0 Å². The van der Waals surface area contributed by atoms with E-state index in [-0.39, 0.29) is 36.4 Å². The van der Waals surface area contributed by atoms with Crippen molar-refractivity contribution in [2.45, 2.75) is 69.7 Å². The molecule has 5 aromatic rings. The number of primary amides is 1. The van der Waals surface area contributed by atoms with Crippen LogP contribution in [-0.4, -0.2) is 95.8 Å². The van der Waals surface area contributed by atoms with E-state index in [4.69, 9.17) is 15.2 Å². The van der Waals surface area contributed by atoms with Crippen molar-refractivity contribution in [2.24, 2.45) is 12.8 Å². The number of hydrogen-bond acceptors (Lipinski definition) is 9. The van der Waals surface area contributed by atoms with E-state index in [1.165, 1.54) is 0 Å². The van der Waals surface area contributed by atoms with Crippen LogP contribution in [-0.2, 0) is 32.5 Å². The summed E-state index contributed by atoms with van der Waals surface area (Å²) >= 11 is 0. The average molecular weight is 749 g/mol. The molecule has 0 unspecified atom stereocenters. The van der Waals surface area contributed by atoms with Crippen LogP contribution in [0, 0.1) is 0 Å². The molecule has 15 nitrogen and oxygen atoms in total. The second-order valence-electron chi connectivity index (χ2n) is 14.6. The second-order valence-corrected chi connectivity index (χ2v) is 14.6. The van der Waals surface area contributed by atoms with E-state index in [9.17, 15) is 14.4 Å². The molecule has 0 saturated carbocycles. The molecule has 2 aromatic carbocycles. The van der Waals surface area contributed by atoms with E-state index in [2.05, 4.69) is 66.6 Å². The maximum absolute atomic E-state index is 14.0. The summed E-state index contributed by atoms with van der Waals surface area (Å²) < 4.78 is 12.3. The summed E-state index contributed by atoms with van der Waals surface area (Å²) in [6, 6.07) is 15.8. The minimum absolute atomic E-state index is 0.0440. The molecule has 2 fully saturated rings. The Kier molecular flexibility index (Phi) is 10.8. The number of nitrogens with one attached hydrogen (secondary N) is 3. The predicted octanol–water partition coefficient (Wildman–Crippen LogP) is 4.87. The Morgan fingerprint density at radius 3 is 1.91 bits per heavy atom. The number of rotatable bonds is 13. The number of H-pyrrole nitrogens is 2. The lowest BCUT2D eigenvalue weighted by Crippen LogP contribution is -2.52. The molecule has 5 N–H and O–H groups in total. The van der Waals surface area contributed by atoms with Crippen molar-refractivity contribution in [3.05, 3.63) is 90.8 Å². The first kappa shape index (κ1) is 37.5. The standard InChI is InChI=1S/C40H48N10O5/c1-25(45-24-54-4)37(51)49-17-5-7-33(49)35-42-20-31(46-35)28-13-9-26(10-14-28)27-11-15-29(16-12-27)32-21-43-36(47-32)34-8-6-18-50(34)38(52)40(2,55-39(41)53)19-30-22-48(3)23-44-30/h9-16,20-23,25,33-34,45H,5-8,17-19,24H2,1-4H3,(H2,41,53)(H,42,46)(H,43,47)/t25-,33-,34-,40-/m0/s1. The molecule has 15 heteroatoms. The highest BCUT2D eigenvalue weighted by molar-refractivity contribution is 5.88. The summed E-state index contributed by atoms with van der Waals surface area (Å²) in [5.41, 5.74) is 10.3. The number of aryl methyl sites for hydroxylation is 1. The molecule has 55 heavy (non-hydrogen) atoms. The molecule has 4 atom stereocenters. The van der Waals surface area contributed by atoms with Gasteiger partial charge in [-0.15, -0.1) is 0 Å². The number of amides is 3. The number of carbonyl (C=O) groups excluding carboxylic acids is 3. The number of hydrogen-bond donors (Lipinski definition) is 4. The zero-order valence-electron chi connectivity index (χ0n) is 31.6. The number of benzene rings is 2. The van der Waals surface area contributed by atoms with E-state index < -0.39 is 11.7 Å². The molecular formula is C40H48N10O5. The van der Waals surface area contributed by atoms with E-state index >= 15 is 0 Å². The monoisotopic (exact) mass is 748 g/mol. The third kappa shape index (κ3) is 8.03. The van der Waals surface area contributed by atoms with Crippen molar-refractivity contribution < 1.29 is 23.9 Å². The van der Waals surface area contributed by atoms with Crippen molar-refractivity contribution in [1.29, 1.82) is 0 Å². The largest absolute Gasteiger partial charge is 0.433 e. The average Bonchev–Trinajstić information content (AvgIpc) is 4.03. The van der Waals surface area contributed by atoms with Gasteiger partial charge in [0, 0.05) is 39.9 Å². The minimum Gasteiger partial charge on any atom is -0.433 e. The summed E-state index contributed by atoms with van der Waals surface area (Å²) in [5.74, 6) is 1.17. The quantitative estimate of drug-likeness (QED) is 0.122. The van der Waals surface area contributed by atoms with E-state index in [1.54, 1.807) is 42.2 Å². The van der Waals surface area contributed by atoms with Crippen molar-refractivity contribution in [3.8, 4) is 33.6 Å². The first-order chi connectivity index (χ1) is 26.5. The number of nitrogens with zero attached hydrogens (tertiary/aromatic N) is 6. The smallest absolute Gasteiger partial charge is 0.405 e. The van der Waals surface area contributed by atoms with Gasteiger partial charge in [-0.05, 0) is 61.8 Å². The molecule has 3 aromatic heterocycles. The van der Waals surface area contributed by atoms with E-state index in [0.717, 1.165) is 58.7 Å². The number of aromatic amines is 2. The zero-order valence-corrected chi connectivity index (χ0v) is 31.6. The molecule has 0 bridgehead atoms. The van der Waals surface area contributed by atoms with Crippen molar-refractivity contribution in [2.75, 3.05) is 26.9 Å².